The van der Waals surface area contributed by atoms with Crippen molar-refractivity contribution in [1.82, 2.24) is 4.57 Å². The van der Waals surface area contributed by atoms with Gasteiger partial charge in [-0.1, -0.05) is 71.0 Å². The minimum atomic E-state index is -0.675. The summed E-state index contributed by atoms with van der Waals surface area (Å²) in [5, 5.41) is 8.81. The Morgan fingerprint density at radius 1 is 0.500 bits per heavy atom. The minimum Gasteiger partial charge on any atom is -0.318 e. The number of nitrogens with zero attached hydrogens (tertiary/aromatic N) is 3. The first kappa shape index (κ1) is 33.1. The summed E-state index contributed by atoms with van der Waals surface area (Å²) in [6.45, 7) is 3.83. The van der Waals surface area contributed by atoms with Crippen LogP contribution in [0.1, 0.15) is 63.0 Å². The molecule has 0 radical (unpaired) electrons. The molecule has 0 fully saturated rings. The van der Waals surface area contributed by atoms with E-state index < -0.39 is 23.5 Å². The lowest BCUT2D eigenvalue weighted by molar-refractivity contribution is -0.141. The van der Waals surface area contributed by atoms with Gasteiger partial charge in [-0.25, -0.2) is 9.59 Å². The molecule has 1 aromatic heterocycles. The highest BCUT2D eigenvalue weighted by Crippen LogP contribution is 2.34. The Morgan fingerprint density at radius 3 is 1.50 bits per heavy atom. The molecule has 0 saturated heterocycles. The lowest BCUT2D eigenvalue weighted by Crippen LogP contribution is -2.17. The Labute approximate surface area is 286 Å². The lowest BCUT2D eigenvalue weighted by Gasteiger charge is -2.10. The smallest absolute Gasteiger partial charge is 0.318 e. The number of oxime groups is 2. The molecule has 6 rings (SSSR count). The minimum absolute atomic E-state index is 0.0213. The Morgan fingerprint density at radius 2 is 0.960 bits per heavy atom. The quantitative estimate of drug-likeness (QED) is 0.0651. The van der Waals surface area contributed by atoms with E-state index in [1.54, 1.807) is 91.0 Å². The van der Waals surface area contributed by atoms with Gasteiger partial charge in [0.2, 0.25) is 11.6 Å². The molecular formula is C40H29N3O7. The molecule has 10 heteroatoms. The Balaban J connectivity index is 1.50. The van der Waals surface area contributed by atoms with Gasteiger partial charge in [0, 0.05) is 58.1 Å². The number of fused-ring (bicyclic) bond motifs is 3. The van der Waals surface area contributed by atoms with Crippen molar-refractivity contribution in [3.8, 4) is 5.69 Å². The molecule has 6 aromatic rings. The van der Waals surface area contributed by atoms with Gasteiger partial charge in [0.25, 0.3) is 0 Å². The summed E-state index contributed by atoms with van der Waals surface area (Å²) in [6, 6.07) is 35.1. The number of carbonyl (C=O) groups excluding carboxylic acids is 5. The first-order chi connectivity index (χ1) is 24.1. The fourth-order valence-corrected chi connectivity index (χ4v) is 5.55. The highest BCUT2D eigenvalue weighted by Gasteiger charge is 2.22. The van der Waals surface area contributed by atoms with Gasteiger partial charge >= 0.3 is 11.9 Å². The van der Waals surface area contributed by atoms with Crippen LogP contribution in [0.15, 0.2) is 132 Å². The maximum absolute atomic E-state index is 14.0. The molecular weight excluding hydrogens is 634 g/mol. The zero-order chi connectivity index (χ0) is 35.4. The molecule has 0 aliphatic heterocycles. The number of aromatic nitrogens is 1. The molecule has 0 saturated carbocycles. The molecule has 0 amide bonds. The molecule has 0 bridgehead atoms. The predicted molar refractivity (Wildman–Crippen MR) is 189 cm³/mol. The Bertz CT molecular complexity index is 2370. The normalized spacial score (nSPS) is 11.7. The van der Waals surface area contributed by atoms with E-state index in [2.05, 4.69) is 15.1 Å². The first-order valence-electron chi connectivity index (χ1n) is 15.5. The fourth-order valence-electron chi connectivity index (χ4n) is 5.55. The highest BCUT2D eigenvalue weighted by molar-refractivity contribution is 6.51. The number of rotatable bonds is 10. The summed E-state index contributed by atoms with van der Waals surface area (Å²) in [5.74, 6) is -2.38. The van der Waals surface area contributed by atoms with Crippen LogP contribution in [0.2, 0.25) is 0 Å². The first-order valence-corrected chi connectivity index (χ1v) is 15.5. The summed E-state index contributed by atoms with van der Waals surface area (Å²) < 4.78 is 1.97. The van der Waals surface area contributed by atoms with Crippen molar-refractivity contribution in [3.63, 3.8) is 0 Å². The number of hydrogen-bond donors (Lipinski definition) is 0. The molecule has 0 unspecified atom stereocenters. The number of benzene rings is 5. The van der Waals surface area contributed by atoms with Gasteiger partial charge in [0.05, 0.1) is 11.0 Å². The second kappa shape index (κ2) is 14.1. The van der Waals surface area contributed by atoms with E-state index >= 15 is 0 Å². The van der Waals surface area contributed by atoms with Gasteiger partial charge in [-0.05, 0) is 67.6 Å². The van der Waals surface area contributed by atoms with Crippen LogP contribution in [-0.2, 0) is 19.3 Å². The zero-order valence-electron chi connectivity index (χ0n) is 27.2. The van der Waals surface area contributed by atoms with Crippen molar-refractivity contribution in [2.45, 2.75) is 20.8 Å². The van der Waals surface area contributed by atoms with Crippen LogP contribution in [0.25, 0.3) is 27.5 Å². The predicted octanol–water partition coefficient (Wildman–Crippen LogP) is 7.29. The van der Waals surface area contributed by atoms with Gasteiger partial charge in [-0.3, -0.25) is 14.4 Å². The van der Waals surface area contributed by atoms with Crippen LogP contribution in [0, 0.1) is 0 Å². The van der Waals surface area contributed by atoms with E-state index in [-0.39, 0.29) is 28.3 Å². The number of carbonyl (C=O) groups is 5. The average molecular weight is 664 g/mol. The molecule has 50 heavy (non-hydrogen) atoms. The van der Waals surface area contributed by atoms with E-state index in [4.69, 9.17) is 4.84 Å². The molecule has 0 aliphatic carbocycles. The molecule has 0 atom stereocenters. The van der Waals surface area contributed by atoms with Gasteiger partial charge in [0.1, 0.15) is 5.71 Å². The average Bonchev–Trinajstić information content (AvgIpc) is 3.47. The number of ketones is 3. The van der Waals surface area contributed by atoms with Crippen molar-refractivity contribution >= 4 is 62.5 Å². The van der Waals surface area contributed by atoms with Gasteiger partial charge in [-0.15, -0.1) is 0 Å². The van der Waals surface area contributed by atoms with Gasteiger partial charge < -0.3 is 14.2 Å². The second-order valence-corrected chi connectivity index (χ2v) is 11.3. The Kier molecular flexibility index (Phi) is 9.35. The molecule has 1 heterocycles. The molecule has 5 aromatic carbocycles. The van der Waals surface area contributed by atoms with E-state index in [1.807, 2.05) is 34.9 Å². The zero-order valence-corrected chi connectivity index (χ0v) is 27.2. The summed E-state index contributed by atoms with van der Waals surface area (Å²) in [6.07, 6.45) is 0. The summed E-state index contributed by atoms with van der Waals surface area (Å²) in [5.41, 5.74) is 4.19. The van der Waals surface area contributed by atoms with Crippen LogP contribution >= 0.6 is 0 Å². The third-order valence-electron chi connectivity index (χ3n) is 7.88. The van der Waals surface area contributed by atoms with Crippen LogP contribution in [0.4, 0.5) is 0 Å². The standard InChI is InChI=1S/C40H29N3O7/c1-24(41-49-25(2)44)38(46)30-16-20-35-33(22-30)34-23-31(40(48)37(42-50-26(3)45)27-10-6-4-7-11-27)17-21-36(34)43(35)32-18-14-29(15-19-32)39(47)28-12-8-5-9-13-28/h4-23H,1-3H3. The molecule has 10 nitrogen and oxygen atoms in total. The monoisotopic (exact) mass is 663 g/mol. The van der Waals surface area contributed by atoms with E-state index in [0.717, 1.165) is 11.2 Å². The summed E-state index contributed by atoms with van der Waals surface area (Å²) in [4.78, 5) is 72.8. The largest absolute Gasteiger partial charge is 0.332 e. The van der Waals surface area contributed by atoms with E-state index in [1.165, 1.54) is 20.8 Å². The molecule has 0 aliphatic rings. The van der Waals surface area contributed by atoms with Crippen LogP contribution in [-0.4, -0.2) is 45.3 Å². The second-order valence-electron chi connectivity index (χ2n) is 11.3. The molecule has 0 spiro atoms. The van der Waals surface area contributed by atoms with E-state index in [0.29, 0.717) is 33.0 Å². The summed E-state index contributed by atoms with van der Waals surface area (Å²) >= 11 is 0. The van der Waals surface area contributed by atoms with E-state index in [9.17, 15) is 24.0 Å². The maximum Gasteiger partial charge on any atom is 0.332 e. The SMILES string of the molecule is CC(=O)ON=C(C)C(=O)c1ccc2c(c1)c1cc(C(=O)C(=NOC(C)=O)c3ccccc3)ccc1n2-c1ccc(C(=O)c2ccccc2)cc1. The van der Waals surface area contributed by atoms with Crippen LogP contribution in [0.5, 0.6) is 0 Å². The summed E-state index contributed by atoms with van der Waals surface area (Å²) in [7, 11) is 0. The molecule has 0 N–H and O–H groups in total. The van der Waals surface area contributed by atoms with Crippen molar-refractivity contribution in [2.24, 2.45) is 10.3 Å². The van der Waals surface area contributed by atoms with Gasteiger partial charge in [0.15, 0.2) is 11.5 Å². The number of Topliss-reactive ketones (excluding diaryl/α,β-unsaturated/α-hetero) is 2. The fraction of sp³-hybridized carbons (Fsp3) is 0.0750. The number of hydrogen-bond acceptors (Lipinski definition) is 9. The van der Waals surface area contributed by atoms with Crippen molar-refractivity contribution in [2.75, 3.05) is 0 Å². The van der Waals surface area contributed by atoms with Crippen LogP contribution in [0.3, 0.4) is 0 Å². The van der Waals surface area contributed by atoms with Crippen molar-refractivity contribution in [1.29, 1.82) is 0 Å². The highest BCUT2D eigenvalue weighted by atomic mass is 16.7. The Hall–Kier alpha value is -6.81. The van der Waals surface area contributed by atoms with Crippen LogP contribution < -0.4 is 0 Å². The third-order valence-corrected chi connectivity index (χ3v) is 7.88. The van der Waals surface area contributed by atoms with Gasteiger partial charge in [-0.2, -0.15) is 0 Å². The van der Waals surface area contributed by atoms with Crippen molar-refractivity contribution < 1.29 is 33.6 Å². The third kappa shape index (κ3) is 6.76. The topological polar surface area (TPSA) is 133 Å². The maximum atomic E-state index is 14.0. The molecule has 246 valence electrons. The lowest BCUT2D eigenvalue weighted by atomic mass is 9.98. The van der Waals surface area contributed by atoms with Crippen molar-refractivity contribution in [3.05, 3.63) is 149 Å².